The Labute approximate surface area is 104 Å². The van der Waals surface area contributed by atoms with Crippen LogP contribution in [0.3, 0.4) is 0 Å². The number of hydrogen-bond donors (Lipinski definition) is 1. The van der Waals surface area contributed by atoms with Crippen molar-refractivity contribution in [1.82, 2.24) is 0 Å². The van der Waals surface area contributed by atoms with Crippen LogP contribution in [0.2, 0.25) is 0 Å². The van der Waals surface area contributed by atoms with Crippen LogP contribution in [0.25, 0.3) is 0 Å². The summed E-state index contributed by atoms with van der Waals surface area (Å²) in [6.07, 6.45) is 1.29. The van der Waals surface area contributed by atoms with Gasteiger partial charge in [-0.15, -0.1) is 0 Å². The Bertz CT molecular complexity index is 425. The summed E-state index contributed by atoms with van der Waals surface area (Å²) in [6, 6.07) is 3.74. The van der Waals surface area contributed by atoms with Gasteiger partial charge in [0.05, 0.1) is 5.56 Å². The van der Waals surface area contributed by atoms with Gasteiger partial charge < -0.3 is 5.11 Å². The molecule has 0 bridgehead atoms. The average molecular weight is 234 g/mol. The fourth-order valence-electron chi connectivity index (χ4n) is 1.92. The van der Waals surface area contributed by atoms with Gasteiger partial charge in [0, 0.05) is 12.0 Å². The standard InChI is InChI=1S/C15H22O2/c1-6-7-13(16)11-8-10(2)9-12(14(11)17)15(3,4)5/h8-9,17H,6-7H2,1-5H3. The Morgan fingerprint density at radius 3 is 2.35 bits per heavy atom. The van der Waals surface area contributed by atoms with Gasteiger partial charge in [0.15, 0.2) is 5.78 Å². The largest absolute Gasteiger partial charge is 0.507 e. The van der Waals surface area contributed by atoms with E-state index in [0.717, 1.165) is 17.5 Å². The number of Topliss-reactive ketones (excluding diaryl/α,β-unsaturated/α-hetero) is 1. The molecule has 2 heteroatoms. The number of hydrogen-bond acceptors (Lipinski definition) is 2. The number of ketones is 1. The van der Waals surface area contributed by atoms with E-state index in [-0.39, 0.29) is 16.9 Å². The zero-order chi connectivity index (χ0) is 13.2. The van der Waals surface area contributed by atoms with E-state index in [9.17, 15) is 9.90 Å². The van der Waals surface area contributed by atoms with Gasteiger partial charge in [-0.05, 0) is 30.4 Å². The maximum absolute atomic E-state index is 11.9. The Morgan fingerprint density at radius 2 is 1.88 bits per heavy atom. The quantitative estimate of drug-likeness (QED) is 0.803. The van der Waals surface area contributed by atoms with Crippen LogP contribution >= 0.6 is 0 Å². The fraction of sp³-hybridized carbons (Fsp3) is 0.533. The highest BCUT2D eigenvalue weighted by Gasteiger charge is 2.22. The number of benzene rings is 1. The number of carbonyl (C=O) groups is 1. The Morgan fingerprint density at radius 1 is 1.29 bits per heavy atom. The van der Waals surface area contributed by atoms with E-state index >= 15 is 0 Å². The molecule has 2 nitrogen and oxygen atoms in total. The Balaban J connectivity index is 3.34. The first-order valence-electron chi connectivity index (χ1n) is 6.14. The summed E-state index contributed by atoms with van der Waals surface area (Å²) in [7, 11) is 0. The van der Waals surface area contributed by atoms with E-state index in [0.29, 0.717) is 12.0 Å². The maximum atomic E-state index is 11.9. The Kier molecular flexibility index (Phi) is 3.97. The lowest BCUT2D eigenvalue weighted by Gasteiger charge is -2.22. The molecule has 0 aromatic heterocycles. The smallest absolute Gasteiger partial charge is 0.166 e. The van der Waals surface area contributed by atoms with E-state index in [4.69, 9.17) is 0 Å². The molecule has 0 spiro atoms. The molecule has 0 saturated carbocycles. The predicted octanol–water partition coefficient (Wildman–Crippen LogP) is 3.98. The van der Waals surface area contributed by atoms with Crippen LogP contribution in [0.15, 0.2) is 12.1 Å². The number of rotatable bonds is 3. The van der Waals surface area contributed by atoms with E-state index in [2.05, 4.69) is 0 Å². The molecule has 1 aromatic carbocycles. The minimum absolute atomic E-state index is 0.0270. The summed E-state index contributed by atoms with van der Waals surface area (Å²) in [5.74, 6) is 0.181. The van der Waals surface area contributed by atoms with Crippen molar-refractivity contribution in [3.05, 3.63) is 28.8 Å². The van der Waals surface area contributed by atoms with Gasteiger partial charge in [-0.1, -0.05) is 33.8 Å². The second-order valence-corrected chi connectivity index (χ2v) is 5.63. The first kappa shape index (κ1) is 13.8. The minimum Gasteiger partial charge on any atom is -0.507 e. The monoisotopic (exact) mass is 234 g/mol. The van der Waals surface area contributed by atoms with Gasteiger partial charge in [0.25, 0.3) is 0 Å². The molecular weight excluding hydrogens is 212 g/mol. The molecule has 1 rings (SSSR count). The van der Waals surface area contributed by atoms with Crippen LogP contribution in [0.4, 0.5) is 0 Å². The Hall–Kier alpha value is -1.31. The molecule has 0 radical (unpaired) electrons. The molecule has 94 valence electrons. The lowest BCUT2D eigenvalue weighted by atomic mass is 9.83. The SMILES string of the molecule is CCCC(=O)c1cc(C)cc(C(C)(C)C)c1O. The van der Waals surface area contributed by atoms with E-state index < -0.39 is 0 Å². The molecule has 0 atom stereocenters. The lowest BCUT2D eigenvalue weighted by Crippen LogP contribution is -2.13. The number of aryl methyl sites for hydroxylation is 1. The topological polar surface area (TPSA) is 37.3 Å². The maximum Gasteiger partial charge on any atom is 0.166 e. The number of phenols is 1. The molecule has 0 aliphatic rings. The molecule has 0 saturated heterocycles. The summed E-state index contributed by atoms with van der Waals surface area (Å²) in [5, 5.41) is 10.2. The lowest BCUT2D eigenvalue weighted by molar-refractivity contribution is 0.0979. The molecule has 17 heavy (non-hydrogen) atoms. The zero-order valence-electron chi connectivity index (χ0n) is 11.4. The number of aromatic hydroxyl groups is 1. The summed E-state index contributed by atoms with van der Waals surface area (Å²) in [4.78, 5) is 11.9. The summed E-state index contributed by atoms with van der Waals surface area (Å²) in [5.41, 5.74) is 2.18. The fourth-order valence-corrected chi connectivity index (χ4v) is 1.92. The predicted molar refractivity (Wildman–Crippen MR) is 70.8 cm³/mol. The highest BCUT2D eigenvalue weighted by Crippen LogP contribution is 2.34. The average Bonchev–Trinajstić information content (AvgIpc) is 2.19. The van der Waals surface area contributed by atoms with Crippen LogP contribution in [-0.2, 0) is 5.41 Å². The second-order valence-electron chi connectivity index (χ2n) is 5.63. The third-order valence-corrected chi connectivity index (χ3v) is 2.84. The van der Waals surface area contributed by atoms with Gasteiger partial charge >= 0.3 is 0 Å². The second kappa shape index (κ2) is 4.91. The van der Waals surface area contributed by atoms with Crippen molar-refractivity contribution in [2.45, 2.75) is 52.9 Å². The molecule has 1 N–H and O–H groups in total. The van der Waals surface area contributed by atoms with Gasteiger partial charge in [-0.3, -0.25) is 4.79 Å². The highest BCUT2D eigenvalue weighted by atomic mass is 16.3. The highest BCUT2D eigenvalue weighted by molar-refractivity contribution is 5.99. The van der Waals surface area contributed by atoms with Crippen molar-refractivity contribution in [3.8, 4) is 5.75 Å². The van der Waals surface area contributed by atoms with Crippen molar-refractivity contribution in [2.24, 2.45) is 0 Å². The zero-order valence-corrected chi connectivity index (χ0v) is 11.4. The molecular formula is C15H22O2. The molecule has 0 fully saturated rings. The normalized spacial score (nSPS) is 11.6. The molecule has 0 aliphatic carbocycles. The van der Waals surface area contributed by atoms with Crippen LogP contribution in [0.5, 0.6) is 5.75 Å². The van der Waals surface area contributed by atoms with Crippen LogP contribution in [0, 0.1) is 6.92 Å². The summed E-state index contributed by atoms with van der Waals surface area (Å²) >= 11 is 0. The van der Waals surface area contributed by atoms with Crippen LogP contribution in [-0.4, -0.2) is 10.9 Å². The summed E-state index contributed by atoms with van der Waals surface area (Å²) in [6.45, 7) is 10.0. The van der Waals surface area contributed by atoms with Gasteiger partial charge in [0.2, 0.25) is 0 Å². The van der Waals surface area contributed by atoms with Gasteiger partial charge in [0.1, 0.15) is 5.75 Å². The van der Waals surface area contributed by atoms with Crippen molar-refractivity contribution in [2.75, 3.05) is 0 Å². The van der Waals surface area contributed by atoms with E-state index in [1.54, 1.807) is 6.07 Å². The molecule has 0 amide bonds. The molecule has 0 unspecified atom stereocenters. The first-order chi connectivity index (χ1) is 7.77. The van der Waals surface area contributed by atoms with Gasteiger partial charge in [-0.25, -0.2) is 0 Å². The van der Waals surface area contributed by atoms with E-state index in [1.165, 1.54) is 0 Å². The third-order valence-electron chi connectivity index (χ3n) is 2.84. The van der Waals surface area contributed by atoms with Crippen LogP contribution < -0.4 is 0 Å². The molecule has 1 aromatic rings. The first-order valence-corrected chi connectivity index (χ1v) is 6.14. The van der Waals surface area contributed by atoms with Crippen molar-refractivity contribution in [3.63, 3.8) is 0 Å². The number of phenolic OH excluding ortho intramolecular Hbond substituents is 1. The third kappa shape index (κ3) is 3.09. The molecule has 0 heterocycles. The van der Waals surface area contributed by atoms with E-state index in [1.807, 2.05) is 40.7 Å². The number of carbonyl (C=O) groups excluding carboxylic acids is 1. The minimum atomic E-state index is -0.155. The summed E-state index contributed by atoms with van der Waals surface area (Å²) < 4.78 is 0. The van der Waals surface area contributed by atoms with Crippen molar-refractivity contribution >= 4 is 5.78 Å². The van der Waals surface area contributed by atoms with Gasteiger partial charge in [-0.2, -0.15) is 0 Å². The van der Waals surface area contributed by atoms with Crippen molar-refractivity contribution in [1.29, 1.82) is 0 Å². The van der Waals surface area contributed by atoms with Crippen LogP contribution in [0.1, 0.15) is 62.0 Å². The molecule has 0 aliphatic heterocycles. The van der Waals surface area contributed by atoms with Crippen molar-refractivity contribution < 1.29 is 9.90 Å².